The van der Waals surface area contributed by atoms with Gasteiger partial charge in [0.25, 0.3) is 0 Å². The number of anilines is 1. The Morgan fingerprint density at radius 1 is 0.974 bits per heavy atom. The van der Waals surface area contributed by atoms with Crippen molar-refractivity contribution >= 4 is 29.4 Å². The first-order valence-electron chi connectivity index (χ1n) is 11.8. The van der Waals surface area contributed by atoms with Gasteiger partial charge in [0.15, 0.2) is 0 Å². The average molecular weight is 568 g/mol. The highest BCUT2D eigenvalue weighted by atomic mass is 32.2. The predicted octanol–water partition coefficient (Wildman–Crippen LogP) is 6.75. The van der Waals surface area contributed by atoms with Gasteiger partial charge < -0.3 is 15.0 Å². The number of hydrogen-bond acceptors (Lipinski definition) is 5. The lowest BCUT2D eigenvalue weighted by atomic mass is 9.99. The van der Waals surface area contributed by atoms with Gasteiger partial charge in [0.05, 0.1) is 36.6 Å². The molecule has 206 valence electrons. The summed E-state index contributed by atoms with van der Waals surface area (Å²) in [5, 5.41) is 3.10. The first-order valence-corrected chi connectivity index (χ1v) is 12.6. The number of morpholine rings is 1. The first-order chi connectivity index (χ1) is 18.5. The van der Waals surface area contributed by atoms with E-state index in [1.165, 1.54) is 11.0 Å². The Kier molecular flexibility index (Phi) is 8.86. The van der Waals surface area contributed by atoms with Crippen LogP contribution in [0.4, 0.5) is 32.0 Å². The zero-order chi connectivity index (χ0) is 28.0. The summed E-state index contributed by atoms with van der Waals surface area (Å²) in [4.78, 5) is 17.6. The minimum Gasteiger partial charge on any atom is -0.379 e. The van der Waals surface area contributed by atoms with Crippen molar-refractivity contribution < 1.29 is 35.9 Å². The summed E-state index contributed by atoms with van der Waals surface area (Å²) in [7, 11) is 0. The van der Waals surface area contributed by atoms with Gasteiger partial charge in [0.1, 0.15) is 0 Å². The van der Waals surface area contributed by atoms with Crippen LogP contribution in [-0.4, -0.2) is 42.1 Å². The standard InChI is InChI=1S/C27H23F6N3O2S/c28-26(29,30)24-18(8-10-23(37)36-12-14-38-15-13-36)7-9-22(25(24)27(31,32)33)39-21-6-3-5-19(16-21)35-17-20-4-1-2-11-34-20/h1-11,16,35H,12-15,17H2. The van der Waals surface area contributed by atoms with Crippen LogP contribution in [0, 0.1) is 0 Å². The minimum absolute atomic E-state index is 0.245. The summed E-state index contributed by atoms with van der Waals surface area (Å²) < 4.78 is 89.9. The van der Waals surface area contributed by atoms with E-state index < -0.39 is 39.8 Å². The van der Waals surface area contributed by atoms with E-state index in [1.54, 1.807) is 36.5 Å². The third kappa shape index (κ3) is 7.54. The number of halogens is 6. The van der Waals surface area contributed by atoms with Gasteiger partial charge in [-0.1, -0.05) is 30.0 Å². The summed E-state index contributed by atoms with van der Waals surface area (Å²) in [5.74, 6) is -0.603. The van der Waals surface area contributed by atoms with E-state index in [0.29, 0.717) is 28.9 Å². The fourth-order valence-electron chi connectivity index (χ4n) is 3.95. The highest BCUT2D eigenvalue weighted by molar-refractivity contribution is 7.99. The number of ether oxygens (including phenoxy) is 1. The molecular formula is C27H23F6N3O2S. The summed E-state index contributed by atoms with van der Waals surface area (Å²) in [6.45, 7) is 1.39. The molecule has 1 aliphatic heterocycles. The Morgan fingerprint density at radius 3 is 2.38 bits per heavy atom. The molecule has 4 rings (SSSR count). The maximum atomic E-state index is 14.2. The molecule has 2 aromatic carbocycles. The Bertz CT molecular complexity index is 1320. The second kappa shape index (κ2) is 12.1. The Labute approximate surface area is 224 Å². The third-order valence-electron chi connectivity index (χ3n) is 5.76. The van der Waals surface area contributed by atoms with E-state index in [9.17, 15) is 31.1 Å². The molecule has 1 aromatic heterocycles. The highest BCUT2D eigenvalue weighted by Gasteiger charge is 2.46. The van der Waals surface area contributed by atoms with E-state index >= 15 is 0 Å². The van der Waals surface area contributed by atoms with Crippen LogP contribution in [-0.2, 0) is 28.4 Å². The SMILES string of the molecule is O=C(C=Cc1ccc(Sc2cccc(NCc3ccccn3)c2)c(C(F)(F)F)c1C(F)(F)F)N1CCOCC1. The van der Waals surface area contributed by atoms with Crippen LogP contribution in [0.5, 0.6) is 0 Å². The molecule has 1 amide bonds. The van der Waals surface area contributed by atoms with Crippen LogP contribution in [0.2, 0.25) is 0 Å². The van der Waals surface area contributed by atoms with Gasteiger partial charge in [0, 0.05) is 40.8 Å². The fraction of sp³-hybridized carbons (Fsp3) is 0.259. The van der Waals surface area contributed by atoms with E-state index in [2.05, 4.69) is 10.3 Å². The van der Waals surface area contributed by atoms with Crippen molar-refractivity contribution in [1.29, 1.82) is 0 Å². The smallest absolute Gasteiger partial charge is 0.379 e. The molecule has 0 saturated carbocycles. The van der Waals surface area contributed by atoms with Crippen molar-refractivity contribution in [2.45, 2.75) is 28.7 Å². The van der Waals surface area contributed by atoms with E-state index in [0.717, 1.165) is 30.0 Å². The molecule has 0 spiro atoms. The van der Waals surface area contributed by atoms with Gasteiger partial charge in [0.2, 0.25) is 5.91 Å². The molecule has 12 heteroatoms. The molecule has 2 heterocycles. The normalized spacial score (nSPS) is 14.6. The number of nitrogens with zero attached hydrogens (tertiary/aromatic N) is 2. The maximum Gasteiger partial charge on any atom is 0.418 e. The summed E-state index contributed by atoms with van der Waals surface area (Å²) in [6.07, 6.45) is -7.36. The molecule has 0 bridgehead atoms. The van der Waals surface area contributed by atoms with Crippen LogP contribution in [0.1, 0.15) is 22.4 Å². The Balaban J connectivity index is 1.65. The fourth-order valence-corrected chi connectivity index (χ4v) is 4.99. The van der Waals surface area contributed by atoms with Crippen molar-refractivity contribution in [2.75, 3.05) is 31.6 Å². The van der Waals surface area contributed by atoms with Crippen LogP contribution >= 0.6 is 11.8 Å². The van der Waals surface area contributed by atoms with E-state index in [-0.39, 0.29) is 26.3 Å². The zero-order valence-corrected chi connectivity index (χ0v) is 21.2. The maximum absolute atomic E-state index is 14.2. The van der Waals surface area contributed by atoms with Gasteiger partial charge in [-0.2, -0.15) is 26.3 Å². The highest BCUT2D eigenvalue weighted by Crippen LogP contribution is 2.48. The topological polar surface area (TPSA) is 54.5 Å². The molecule has 39 heavy (non-hydrogen) atoms. The number of benzene rings is 2. The molecule has 1 N–H and O–H groups in total. The lowest BCUT2D eigenvalue weighted by Crippen LogP contribution is -2.39. The number of hydrogen-bond donors (Lipinski definition) is 1. The predicted molar refractivity (Wildman–Crippen MR) is 135 cm³/mol. The monoisotopic (exact) mass is 567 g/mol. The molecule has 1 fully saturated rings. The third-order valence-corrected chi connectivity index (χ3v) is 6.81. The van der Waals surface area contributed by atoms with Crippen LogP contribution < -0.4 is 5.32 Å². The quantitative estimate of drug-likeness (QED) is 0.253. The van der Waals surface area contributed by atoms with E-state index in [4.69, 9.17) is 4.74 Å². The Morgan fingerprint density at radius 2 is 1.72 bits per heavy atom. The van der Waals surface area contributed by atoms with Crippen molar-refractivity contribution in [3.63, 3.8) is 0 Å². The second-order valence-corrected chi connectivity index (χ2v) is 9.59. The number of rotatable bonds is 7. The van der Waals surface area contributed by atoms with Crippen LogP contribution in [0.3, 0.4) is 0 Å². The van der Waals surface area contributed by atoms with Gasteiger partial charge in [-0.05, 0) is 48.0 Å². The molecule has 0 unspecified atom stereocenters. The lowest BCUT2D eigenvalue weighted by molar-refractivity contribution is -0.163. The zero-order valence-electron chi connectivity index (χ0n) is 20.4. The number of amides is 1. The number of nitrogens with one attached hydrogen (secondary N) is 1. The first kappa shape index (κ1) is 28.5. The summed E-state index contributed by atoms with van der Waals surface area (Å²) in [5.41, 5.74) is -3.08. The molecule has 3 aromatic rings. The molecule has 1 saturated heterocycles. The lowest BCUT2D eigenvalue weighted by Gasteiger charge is -2.25. The molecule has 1 aliphatic rings. The number of pyridine rings is 1. The summed E-state index contributed by atoms with van der Waals surface area (Å²) >= 11 is 0.574. The number of carbonyl (C=O) groups excluding carboxylic acids is 1. The van der Waals surface area contributed by atoms with Crippen molar-refractivity contribution in [3.8, 4) is 0 Å². The molecule has 0 aliphatic carbocycles. The number of carbonyl (C=O) groups is 1. The molecule has 0 atom stereocenters. The van der Waals surface area contributed by atoms with Crippen molar-refractivity contribution in [3.05, 3.63) is 89.3 Å². The van der Waals surface area contributed by atoms with E-state index in [1.807, 2.05) is 6.07 Å². The minimum atomic E-state index is -5.32. The average Bonchev–Trinajstić information content (AvgIpc) is 2.91. The number of alkyl halides is 6. The molecular weight excluding hydrogens is 544 g/mol. The van der Waals surface area contributed by atoms with Crippen LogP contribution in [0.25, 0.3) is 6.08 Å². The van der Waals surface area contributed by atoms with Gasteiger partial charge in [-0.3, -0.25) is 9.78 Å². The van der Waals surface area contributed by atoms with Crippen molar-refractivity contribution in [2.24, 2.45) is 0 Å². The molecule has 0 radical (unpaired) electrons. The van der Waals surface area contributed by atoms with Crippen LogP contribution in [0.15, 0.2) is 76.7 Å². The molecule has 5 nitrogen and oxygen atoms in total. The van der Waals surface area contributed by atoms with Gasteiger partial charge in [-0.25, -0.2) is 0 Å². The summed E-state index contributed by atoms with van der Waals surface area (Å²) in [6, 6.07) is 13.7. The Hall–Kier alpha value is -3.51. The van der Waals surface area contributed by atoms with Gasteiger partial charge in [-0.15, -0.1) is 0 Å². The van der Waals surface area contributed by atoms with Crippen molar-refractivity contribution in [1.82, 2.24) is 9.88 Å². The largest absolute Gasteiger partial charge is 0.418 e. The van der Waals surface area contributed by atoms with Gasteiger partial charge >= 0.3 is 12.4 Å². The number of aromatic nitrogens is 1. The second-order valence-electron chi connectivity index (χ2n) is 8.47.